The lowest BCUT2D eigenvalue weighted by Crippen LogP contribution is -2.15. The van der Waals surface area contributed by atoms with E-state index in [0.717, 1.165) is 31.4 Å². The molecule has 0 aliphatic carbocycles. The van der Waals surface area contributed by atoms with Gasteiger partial charge >= 0.3 is 0 Å². The molecule has 1 unspecified atom stereocenters. The van der Waals surface area contributed by atoms with Crippen molar-refractivity contribution < 1.29 is 4.79 Å². The summed E-state index contributed by atoms with van der Waals surface area (Å²) in [5, 5.41) is 3.50. The van der Waals surface area contributed by atoms with Gasteiger partial charge in [0.25, 0.3) is 0 Å². The van der Waals surface area contributed by atoms with Crippen LogP contribution in [0, 0.1) is 5.92 Å². The van der Waals surface area contributed by atoms with Crippen molar-refractivity contribution in [2.75, 3.05) is 11.9 Å². The molecule has 0 fully saturated rings. The molecule has 0 aromatic heterocycles. The van der Waals surface area contributed by atoms with E-state index < -0.39 is 0 Å². The summed E-state index contributed by atoms with van der Waals surface area (Å²) in [4.78, 5) is 11.9. The van der Waals surface area contributed by atoms with Crippen molar-refractivity contribution in [1.82, 2.24) is 0 Å². The molecule has 0 saturated heterocycles. The molecule has 3 nitrogen and oxygen atoms in total. The molecule has 106 valence electrons. The van der Waals surface area contributed by atoms with Gasteiger partial charge in [0.2, 0.25) is 5.91 Å². The number of carbonyl (C=O) groups excluding carboxylic acids is 1. The van der Waals surface area contributed by atoms with Crippen LogP contribution in [0.25, 0.3) is 0 Å². The van der Waals surface area contributed by atoms with Crippen LogP contribution in [-0.4, -0.2) is 12.5 Å². The summed E-state index contributed by atoms with van der Waals surface area (Å²) in [6.45, 7) is 2.86. The molecule has 1 atom stereocenters. The van der Waals surface area contributed by atoms with E-state index in [0.29, 0.717) is 23.9 Å². The van der Waals surface area contributed by atoms with E-state index in [1.807, 2.05) is 12.1 Å². The third-order valence-electron chi connectivity index (χ3n) is 3.16. The van der Waals surface area contributed by atoms with Crippen molar-refractivity contribution in [3.8, 4) is 0 Å². The van der Waals surface area contributed by atoms with Crippen LogP contribution in [0.2, 0.25) is 5.02 Å². The number of nitrogens with two attached hydrogens (primary N) is 1. The van der Waals surface area contributed by atoms with Gasteiger partial charge in [0.15, 0.2) is 0 Å². The quantitative estimate of drug-likeness (QED) is 0.761. The van der Waals surface area contributed by atoms with Crippen LogP contribution in [0.4, 0.5) is 5.69 Å². The van der Waals surface area contributed by atoms with Crippen molar-refractivity contribution >= 4 is 23.2 Å². The third kappa shape index (κ3) is 6.60. The van der Waals surface area contributed by atoms with Gasteiger partial charge in [-0.15, -0.1) is 0 Å². The first-order valence-corrected chi connectivity index (χ1v) is 7.29. The van der Waals surface area contributed by atoms with Crippen molar-refractivity contribution in [2.45, 2.75) is 39.0 Å². The molecule has 1 amide bonds. The molecule has 1 aromatic carbocycles. The Kier molecular flexibility index (Phi) is 7.53. The number of hydrogen-bond donors (Lipinski definition) is 2. The SMILES string of the molecule is CCCC(CCN)CCC(=O)Nc1cccc(Cl)c1. The van der Waals surface area contributed by atoms with Crippen LogP contribution < -0.4 is 11.1 Å². The summed E-state index contributed by atoms with van der Waals surface area (Å²) in [7, 11) is 0. The molecule has 0 heterocycles. The normalized spacial score (nSPS) is 12.2. The number of anilines is 1. The monoisotopic (exact) mass is 282 g/mol. The zero-order valence-corrected chi connectivity index (χ0v) is 12.2. The molecular formula is C15H23ClN2O. The summed E-state index contributed by atoms with van der Waals surface area (Å²) < 4.78 is 0. The van der Waals surface area contributed by atoms with Crippen molar-refractivity contribution in [3.05, 3.63) is 29.3 Å². The fraction of sp³-hybridized carbons (Fsp3) is 0.533. The van der Waals surface area contributed by atoms with Gasteiger partial charge in [0.1, 0.15) is 0 Å². The third-order valence-corrected chi connectivity index (χ3v) is 3.39. The van der Waals surface area contributed by atoms with Gasteiger partial charge in [-0.2, -0.15) is 0 Å². The van der Waals surface area contributed by atoms with Gasteiger partial charge in [-0.25, -0.2) is 0 Å². The summed E-state index contributed by atoms with van der Waals surface area (Å²) in [5.41, 5.74) is 6.34. The second kappa shape index (κ2) is 8.94. The second-order valence-electron chi connectivity index (χ2n) is 4.83. The van der Waals surface area contributed by atoms with Crippen LogP contribution in [0.3, 0.4) is 0 Å². The molecule has 1 aromatic rings. The van der Waals surface area contributed by atoms with E-state index >= 15 is 0 Å². The first-order valence-electron chi connectivity index (χ1n) is 6.91. The van der Waals surface area contributed by atoms with E-state index in [9.17, 15) is 4.79 Å². The molecule has 4 heteroatoms. The fourth-order valence-electron chi connectivity index (χ4n) is 2.20. The van der Waals surface area contributed by atoms with E-state index in [4.69, 9.17) is 17.3 Å². The topological polar surface area (TPSA) is 55.1 Å². The molecule has 0 saturated carbocycles. The standard InChI is InChI=1S/C15H23ClN2O/c1-2-4-12(9-10-17)7-8-15(19)18-14-6-3-5-13(16)11-14/h3,5-6,11-12H,2,4,7-10,17H2,1H3,(H,18,19). The minimum Gasteiger partial charge on any atom is -0.330 e. The maximum Gasteiger partial charge on any atom is 0.224 e. The van der Waals surface area contributed by atoms with Crippen LogP contribution in [0.5, 0.6) is 0 Å². The number of amides is 1. The van der Waals surface area contributed by atoms with Crippen LogP contribution in [0.1, 0.15) is 39.0 Å². The Morgan fingerprint density at radius 1 is 1.37 bits per heavy atom. The molecule has 0 spiro atoms. The molecule has 0 radical (unpaired) electrons. The van der Waals surface area contributed by atoms with Gasteiger partial charge in [-0.3, -0.25) is 4.79 Å². The predicted octanol–water partition coefficient (Wildman–Crippen LogP) is 3.82. The molecule has 3 N–H and O–H groups in total. The van der Waals surface area contributed by atoms with Gasteiger partial charge in [0, 0.05) is 17.1 Å². The fourth-order valence-corrected chi connectivity index (χ4v) is 2.39. The number of rotatable bonds is 8. The average molecular weight is 283 g/mol. The average Bonchev–Trinajstić information content (AvgIpc) is 2.36. The highest BCUT2D eigenvalue weighted by Gasteiger charge is 2.10. The molecule has 1 rings (SSSR count). The second-order valence-corrected chi connectivity index (χ2v) is 5.27. The highest BCUT2D eigenvalue weighted by Crippen LogP contribution is 2.19. The van der Waals surface area contributed by atoms with E-state index in [1.54, 1.807) is 12.1 Å². The van der Waals surface area contributed by atoms with Gasteiger partial charge in [-0.1, -0.05) is 37.4 Å². The maximum absolute atomic E-state index is 11.9. The Hall–Kier alpha value is -1.06. The largest absolute Gasteiger partial charge is 0.330 e. The molecule has 0 bridgehead atoms. The predicted molar refractivity (Wildman–Crippen MR) is 81.4 cm³/mol. The van der Waals surface area contributed by atoms with E-state index in [1.165, 1.54) is 0 Å². The Labute approximate surface area is 120 Å². The lowest BCUT2D eigenvalue weighted by atomic mass is 9.94. The Bertz CT molecular complexity index is 389. The lowest BCUT2D eigenvalue weighted by Gasteiger charge is -2.14. The highest BCUT2D eigenvalue weighted by molar-refractivity contribution is 6.30. The van der Waals surface area contributed by atoms with Crippen molar-refractivity contribution in [2.24, 2.45) is 11.7 Å². The Balaban J connectivity index is 2.38. The maximum atomic E-state index is 11.9. The zero-order chi connectivity index (χ0) is 14.1. The van der Waals surface area contributed by atoms with E-state index in [-0.39, 0.29) is 5.91 Å². The minimum atomic E-state index is 0.0420. The smallest absolute Gasteiger partial charge is 0.224 e. The van der Waals surface area contributed by atoms with Gasteiger partial charge < -0.3 is 11.1 Å². The zero-order valence-electron chi connectivity index (χ0n) is 11.5. The van der Waals surface area contributed by atoms with Crippen LogP contribution in [-0.2, 0) is 4.79 Å². The number of benzene rings is 1. The molecule has 19 heavy (non-hydrogen) atoms. The van der Waals surface area contributed by atoms with Crippen molar-refractivity contribution in [3.63, 3.8) is 0 Å². The van der Waals surface area contributed by atoms with Crippen LogP contribution >= 0.6 is 11.6 Å². The van der Waals surface area contributed by atoms with Gasteiger partial charge in [0.05, 0.1) is 0 Å². The number of halogens is 1. The summed E-state index contributed by atoms with van der Waals surface area (Å²) in [5.74, 6) is 0.598. The molecular weight excluding hydrogens is 260 g/mol. The molecule has 0 aliphatic heterocycles. The summed E-state index contributed by atoms with van der Waals surface area (Å²) >= 11 is 5.87. The van der Waals surface area contributed by atoms with Crippen LogP contribution in [0.15, 0.2) is 24.3 Å². The minimum absolute atomic E-state index is 0.0420. The number of nitrogens with one attached hydrogen (secondary N) is 1. The molecule has 0 aliphatic rings. The first kappa shape index (κ1) is 16.0. The summed E-state index contributed by atoms with van der Waals surface area (Å²) in [6, 6.07) is 7.21. The summed E-state index contributed by atoms with van der Waals surface area (Å²) in [6.07, 6.45) is 4.72. The highest BCUT2D eigenvalue weighted by atomic mass is 35.5. The Morgan fingerprint density at radius 2 is 2.16 bits per heavy atom. The number of carbonyl (C=O) groups is 1. The lowest BCUT2D eigenvalue weighted by molar-refractivity contribution is -0.116. The Morgan fingerprint density at radius 3 is 2.79 bits per heavy atom. The first-order chi connectivity index (χ1) is 9.15. The number of hydrogen-bond acceptors (Lipinski definition) is 2. The van der Waals surface area contributed by atoms with E-state index in [2.05, 4.69) is 12.2 Å². The van der Waals surface area contributed by atoms with Gasteiger partial charge in [-0.05, 0) is 43.5 Å². The van der Waals surface area contributed by atoms with Crippen molar-refractivity contribution in [1.29, 1.82) is 0 Å².